The van der Waals surface area contributed by atoms with Gasteiger partial charge in [0.1, 0.15) is 5.69 Å². The largest absolute Gasteiger partial charge is 0.335 e. The Balaban J connectivity index is 1.61. The van der Waals surface area contributed by atoms with Crippen molar-refractivity contribution < 1.29 is 4.79 Å². The number of nitrogens with zero attached hydrogens (tertiary/aromatic N) is 4. The van der Waals surface area contributed by atoms with E-state index in [0.717, 1.165) is 24.7 Å². The van der Waals surface area contributed by atoms with Gasteiger partial charge in [-0.1, -0.05) is 35.3 Å². The van der Waals surface area contributed by atoms with Gasteiger partial charge in [0.05, 0.1) is 10.7 Å². The third kappa shape index (κ3) is 3.58. The maximum atomic E-state index is 12.7. The molecule has 2 aromatic rings. The Morgan fingerprint density at radius 2 is 1.92 bits per heavy atom. The smallest absolute Gasteiger partial charge is 0.273 e. The van der Waals surface area contributed by atoms with E-state index >= 15 is 0 Å². The molecule has 1 saturated heterocycles. The van der Waals surface area contributed by atoms with Gasteiger partial charge in [0, 0.05) is 44.8 Å². The van der Waals surface area contributed by atoms with E-state index < -0.39 is 0 Å². The normalized spacial score (nSPS) is 15.8. The fraction of sp³-hybridized carbons (Fsp3) is 0.412. The molecule has 1 aromatic carbocycles. The van der Waals surface area contributed by atoms with E-state index in [1.54, 1.807) is 11.7 Å². The van der Waals surface area contributed by atoms with E-state index in [2.05, 4.69) is 16.1 Å². The maximum Gasteiger partial charge on any atom is 0.273 e. The lowest BCUT2D eigenvalue weighted by molar-refractivity contribution is 0.0618. The monoisotopic (exact) mass is 366 g/mol. The fourth-order valence-corrected chi connectivity index (χ4v) is 3.47. The minimum Gasteiger partial charge on any atom is -0.335 e. The molecule has 1 aliphatic heterocycles. The summed E-state index contributed by atoms with van der Waals surface area (Å²) in [5.74, 6) is -0.0505. The van der Waals surface area contributed by atoms with Crippen LogP contribution in [0.15, 0.2) is 24.3 Å². The van der Waals surface area contributed by atoms with Gasteiger partial charge in [-0.05, 0) is 24.6 Å². The summed E-state index contributed by atoms with van der Waals surface area (Å²) >= 11 is 12.3. The quantitative estimate of drug-likeness (QED) is 0.838. The summed E-state index contributed by atoms with van der Waals surface area (Å²) in [7, 11) is 1.75. The second-order valence-electron chi connectivity index (χ2n) is 6.07. The molecule has 0 aliphatic carbocycles. The third-order valence-corrected chi connectivity index (χ3v) is 4.99. The van der Waals surface area contributed by atoms with Crippen molar-refractivity contribution in [2.75, 3.05) is 26.2 Å². The highest BCUT2D eigenvalue weighted by molar-refractivity contribution is 6.34. The van der Waals surface area contributed by atoms with E-state index in [-0.39, 0.29) is 5.91 Å². The van der Waals surface area contributed by atoms with Crippen LogP contribution in [0.25, 0.3) is 0 Å². The van der Waals surface area contributed by atoms with Gasteiger partial charge >= 0.3 is 0 Å². The average Bonchev–Trinajstić information content (AvgIpc) is 2.80. The van der Waals surface area contributed by atoms with E-state index in [9.17, 15) is 4.79 Å². The van der Waals surface area contributed by atoms with Crippen LogP contribution < -0.4 is 0 Å². The van der Waals surface area contributed by atoms with Crippen LogP contribution in [-0.2, 0) is 13.6 Å². The van der Waals surface area contributed by atoms with Gasteiger partial charge in [-0.3, -0.25) is 14.4 Å². The summed E-state index contributed by atoms with van der Waals surface area (Å²) in [4.78, 5) is 16.9. The second kappa shape index (κ2) is 7.13. The van der Waals surface area contributed by atoms with Crippen molar-refractivity contribution in [3.63, 3.8) is 0 Å². The molecule has 1 aliphatic rings. The summed E-state index contributed by atoms with van der Waals surface area (Å²) in [5, 5.41) is 5.42. The number of rotatable bonds is 3. The van der Waals surface area contributed by atoms with Gasteiger partial charge in [-0.2, -0.15) is 5.10 Å². The summed E-state index contributed by atoms with van der Waals surface area (Å²) in [6.45, 7) is 5.66. The Morgan fingerprint density at radius 1 is 1.21 bits per heavy atom. The van der Waals surface area contributed by atoms with Crippen molar-refractivity contribution in [1.29, 1.82) is 0 Å². The lowest BCUT2D eigenvalue weighted by atomic mass is 10.2. The van der Waals surface area contributed by atoms with Crippen molar-refractivity contribution in [2.45, 2.75) is 13.5 Å². The Labute approximate surface area is 151 Å². The second-order valence-corrected chi connectivity index (χ2v) is 6.88. The van der Waals surface area contributed by atoms with Crippen LogP contribution >= 0.6 is 23.2 Å². The molecule has 0 radical (unpaired) electrons. The van der Waals surface area contributed by atoms with Crippen LogP contribution in [0.2, 0.25) is 10.0 Å². The van der Waals surface area contributed by atoms with Crippen LogP contribution in [0.3, 0.4) is 0 Å². The lowest BCUT2D eigenvalue weighted by Crippen LogP contribution is -2.48. The van der Waals surface area contributed by atoms with Gasteiger partial charge < -0.3 is 4.90 Å². The number of amides is 1. The van der Waals surface area contributed by atoms with Gasteiger partial charge in [-0.15, -0.1) is 0 Å². The topological polar surface area (TPSA) is 41.4 Å². The number of hydrogen-bond acceptors (Lipinski definition) is 3. The van der Waals surface area contributed by atoms with Gasteiger partial charge in [-0.25, -0.2) is 0 Å². The fourth-order valence-electron chi connectivity index (χ4n) is 3.02. The molecule has 24 heavy (non-hydrogen) atoms. The Bertz CT molecular complexity index is 751. The standard InChI is InChI=1S/C17H20Cl2N4O/c1-12-15(19)16(21(2)20-12)17(24)23-8-6-22(7-9-23)11-13-4-3-5-14(18)10-13/h3-5,10H,6-9,11H2,1-2H3. The average molecular weight is 367 g/mol. The SMILES string of the molecule is Cc1nn(C)c(C(=O)N2CCN(Cc3cccc(Cl)c3)CC2)c1Cl. The number of carbonyl (C=O) groups excluding carboxylic acids is 1. The molecule has 1 fully saturated rings. The van der Waals surface area contributed by atoms with E-state index in [1.807, 2.05) is 30.0 Å². The van der Waals surface area contributed by atoms with Crippen LogP contribution in [0.5, 0.6) is 0 Å². The van der Waals surface area contributed by atoms with Gasteiger partial charge in [0.25, 0.3) is 5.91 Å². The first-order valence-corrected chi connectivity index (χ1v) is 8.66. The van der Waals surface area contributed by atoms with Crippen molar-refractivity contribution in [3.05, 3.63) is 51.3 Å². The van der Waals surface area contributed by atoms with Crippen molar-refractivity contribution in [2.24, 2.45) is 7.05 Å². The zero-order valence-corrected chi connectivity index (χ0v) is 15.3. The first kappa shape index (κ1) is 17.3. The first-order valence-electron chi connectivity index (χ1n) is 7.91. The third-order valence-electron chi connectivity index (χ3n) is 4.31. The molecule has 0 N–H and O–H groups in total. The molecule has 2 heterocycles. The first-order chi connectivity index (χ1) is 11.5. The Hall–Kier alpha value is -1.56. The zero-order chi connectivity index (χ0) is 17.3. The summed E-state index contributed by atoms with van der Waals surface area (Å²) in [6, 6.07) is 7.89. The number of hydrogen-bond donors (Lipinski definition) is 0. The van der Waals surface area contributed by atoms with Crippen LogP contribution in [-0.4, -0.2) is 51.7 Å². The molecule has 5 nitrogen and oxygen atoms in total. The molecule has 7 heteroatoms. The Kier molecular flexibility index (Phi) is 5.13. The minimum absolute atomic E-state index is 0.0505. The molecule has 0 spiro atoms. The number of halogens is 2. The van der Waals surface area contributed by atoms with E-state index in [4.69, 9.17) is 23.2 Å². The number of piperazine rings is 1. The molecule has 1 amide bonds. The zero-order valence-electron chi connectivity index (χ0n) is 13.8. The van der Waals surface area contributed by atoms with Crippen LogP contribution in [0.1, 0.15) is 21.7 Å². The summed E-state index contributed by atoms with van der Waals surface area (Å²) < 4.78 is 1.57. The predicted molar refractivity (Wildman–Crippen MR) is 95.6 cm³/mol. The predicted octanol–water partition coefficient (Wildman–Crippen LogP) is 2.99. The van der Waals surface area contributed by atoms with Crippen molar-refractivity contribution in [3.8, 4) is 0 Å². The molecule has 3 rings (SSSR count). The number of benzene rings is 1. The molecule has 0 unspecified atom stereocenters. The number of carbonyl (C=O) groups is 1. The highest BCUT2D eigenvalue weighted by atomic mass is 35.5. The van der Waals surface area contributed by atoms with E-state index in [1.165, 1.54) is 5.56 Å². The molecule has 0 atom stereocenters. The molecular weight excluding hydrogens is 347 g/mol. The van der Waals surface area contributed by atoms with Crippen LogP contribution in [0, 0.1) is 6.92 Å². The molecule has 0 bridgehead atoms. The molecule has 128 valence electrons. The number of aryl methyl sites for hydroxylation is 2. The summed E-state index contributed by atoms with van der Waals surface area (Å²) in [5.41, 5.74) is 2.34. The molecule has 0 saturated carbocycles. The van der Waals surface area contributed by atoms with Gasteiger partial charge in [0.2, 0.25) is 0 Å². The van der Waals surface area contributed by atoms with Crippen LogP contribution in [0.4, 0.5) is 0 Å². The highest BCUT2D eigenvalue weighted by Crippen LogP contribution is 2.22. The minimum atomic E-state index is -0.0505. The van der Waals surface area contributed by atoms with E-state index in [0.29, 0.717) is 29.5 Å². The van der Waals surface area contributed by atoms with Crippen molar-refractivity contribution >= 4 is 29.1 Å². The maximum absolute atomic E-state index is 12.7. The van der Waals surface area contributed by atoms with Crippen molar-refractivity contribution in [1.82, 2.24) is 19.6 Å². The Morgan fingerprint density at radius 3 is 2.50 bits per heavy atom. The molecule has 1 aromatic heterocycles. The molecular formula is C17H20Cl2N4O. The van der Waals surface area contributed by atoms with Gasteiger partial charge in [0.15, 0.2) is 0 Å². The summed E-state index contributed by atoms with van der Waals surface area (Å²) in [6.07, 6.45) is 0. The lowest BCUT2D eigenvalue weighted by Gasteiger charge is -2.34. The highest BCUT2D eigenvalue weighted by Gasteiger charge is 2.27. The number of aromatic nitrogens is 2.